The molecule has 3 N–H and O–H groups in total. The first-order valence-corrected chi connectivity index (χ1v) is 6.29. The van der Waals surface area contributed by atoms with Gasteiger partial charge >= 0.3 is 0 Å². The summed E-state index contributed by atoms with van der Waals surface area (Å²) in [5.74, 6) is 0.553. The van der Waals surface area contributed by atoms with Crippen molar-refractivity contribution < 1.29 is 9.53 Å². The van der Waals surface area contributed by atoms with E-state index in [1.165, 1.54) is 0 Å². The molecule has 0 saturated carbocycles. The summed E-state index contributed by atoms with van der Waals surface area (Å²) >= 11 is 3.40. The van der Waals surface area contributed by atoms with Crippen molar-refractivity contribution in [3.63, 3.8) is 0 Å². The summed E-state index contributed by atoms with van der Waals surface area (Å²) in [6, 6.07) is 5.07. The predicted molar refractivity (Wildman–Crippen MR) is 74.2 cm³/mol. The van der Waals surface area contributed by atoms with Crippen molar-refractivity contribution in [2.75, 3.05) is 21.2 Å². The van der Waals surface area contributed by atoms with E-state index in [0.29, 0.717) is 6.42 Å². The summed E-state index contributed by atoms with van der Waals surface area (Å²) in [5, 5.41) is 1.58. The number of benzene rings is 1. The zero-order chi connectivity index (χ0) is 13.7. The Labute approximate surface area is 115 Å². The van der Waals surface area contributed by atoms with Crippen molar-refractivity contribution in [3.8, 4) is 5.75 Å². The molecule has 100 valence electrons. The summed E-state index contributed by atoms with van der Waals surface area (Å²) in [7, 11) is 5.10. The van der Waals surface area contributed by atoms with Crippen LogP contribution in [-0.2, 0) is 11.2 Å². The lowest BCUT2D eigenvalue weighted by molar-refractivity contribution is -0.126. The van der Waals surface area contributed by atoms with Crippen molar-refractivity contribution >= 4 is 21.8 Å². The Morgan fingerprint density at radius 2 is 2.22 bits per heavy atom. The second-order valence-corrected chi connectivity index (χ2v) is 5.00. The fourth-order valence-corrected chi connectivity index (χ4v) is 2.07. The Bertz CT molecular complexity index is 424. The topological polar surface area (TPSA) is 67.6 Å². The van der Waals surface area contributed by atoms with E-state index in [-0.39, 0.29) is 5.91 Å². The number of amides is 1. The number of methoxy groups -OCH3 is 1. The number of hydrogen-bond donors (Lipinski definition) is 2. The largest absolute Gasteiger partial charge is 0.496 e. The molecule has 0 saturated heterocycles. The number of ether oxygens (including phenoxy) is 1. The number of rotatable bonds is 5. The van der Waals surface area contributed by atoms with Crippen molar-refractivity contribution in [2.45, 2.75) is 12.5 Å². The smallest absolute Gasteiger partial charge is 0.251 e. The second kappa shape index (κ2) is 6.72. The van der Waals surface area contributed by atoms with Gasteiger partial charge in [0.1, 0.15) is 5.75 Å². The summed E-state index contributed by atoms with van der Waals surface area (Å²) < 4.78 is 5.99. The van der Waals surface area contributed by atoms with Gasteiger partial charge < -0.3 is 10.5 Å². The molecule has 0 aromatic heterocycles. The van der Waals surface area contributed by atoms with Crippen LogP contribution < -0.4 is 15.9 Å². The average molecular weight is 316 g/mol. The Hall–Kier alpha value is -1.11. The Morgan fingerprint density at radius 3 is 2.72 bits per heavy atom. The molecular formula is C12H18BrN3O2. The normalized spacial score (nSPS) is 12.3. The molecular weight excluding hydrogens is 298 g/mol. The molecule has 0 aliphatic rings. The molecule has 0 aliphatic heterocycles. The van der Waals surface area contributed by atoms with Crippen molar-refractivity contribution in [1.82, 2.24) is 10.4 Å². The molecule has 5 nitrogen and oxygen atoms in total. The first-order valence-electron chi connectivity index (χ1n) is 5.50. The number of nitrogens with zero attached hydrogens (tertiary/aromatic N) is 1. The van der Waals surface area contributed by atoms with Crippen LogP contribution in [0.2, 0.25) is 0 Å². The number of carbonyl (C=O) groups excluding carboxylic acids is 1. The third-order valence-corrected chi connectivity index (χ3v) is 2.96. The molecule has 0 spiro atoms. The number of hydrogen-bond acceptors (Lipinski definition) is 4. The van der Waals surface area contributed by atoms with Crippen LogP contribution >= 0.6 is 15.9 Å². The molecule has 1 aromatic rings. The van der Waals surface area contributed by atoms with E-state index < -0.39 is 6.04 Å². The van der Waals surface area contributed by atoms with Gasteiger partial charge in [0, 0.05) is 14.1 Å². The molecule has 0 aliphatic carbocycles. The molecule has 1 rings (SSSR count). The van der Waals surface area contributed by atoms with Crippen LogP contribution in [0.25, 0.3) is 0 Å². The van der Waals surface area contributed by atoms with Crippen LogP contribution in [0.5, 0.6) is 5.75 Å². The van der Waals surface area contributed by atoms with Gasteiger partial charge in [0.05, 0.1) is 17.6 Å². The van der Waals surface area contributed by atoms with Crippen LogP contribution in [0, 0.1) is 0 Å². The highest BCUT2D eigenvalue weighted by molar-refractivity contribution is 9.10. The minimum Gasteiger partial charge on any atom is -0.496 e. The monoisotopic (exact) mass is 315 g/mol. The lowest BCUT2D eigenvalue weighted by atomic mass is 10.1. The number of halogens is 1. The van der Waals surface area contributed by atoms with E-state index in [1.54, 1.807) is 26.2 Å². The van der Waals surface area contributed by atoms with Crippen LogP contribution in [0.3, 0.4) is 0 Å². The van der Waals surface area contributed by atoms with E-state index in [0.717, 1.165) is 15.8 Å². The van der Waals surface area contributed by atoms with E-state index in [1.807, 2.05) is 18.2 Å². The van der Waals surface area contributed by atoms with Gasteiger partial charge in [0.15, 0.2) is 0 Å². The van der Waals surface area contributed by atoms with Gasteiger partial charge in [-0.05, 0) is 40.0 Å². The van der Waals surface area contributed by atoms with Gasteiger partial charge in [-0.2, -0.15) is 0 Å². The van der Waals surface area contributed by atoms with Crippen LogP contribution in [-0.4, -0.2) is 38.2 Å². The highest BCUT2D eigenvalue weighted by Gasteiger charge is 2.15. The predicted octanol–water partition coefficient (Wildman–Crippen LogP) is 0.920. The van der Waals surface area contributed by atoms with E-state index in [4.69, 9.17) is 10.5 Å². The SMILES string of the molecule is COc1ccc(CC(N)C(=O)NN(C)C)cc1Br. The second-order valence-electron chi connectivity index (χ2n) is 4.15. The average Bonchev–Trinajstić information content (AvgIpc) is 2.28. The number of hydrazine groups is 1. The Morgan fingerprint density at radius 1 is 1.56 bits per heavy atom. The maximum Gasteiger partial charge on any atom is 0.251 e. The summed E-state index contributed by atoms with van der Waals surface area (Å²) in [6.07, 6.45) is 0.474. The molecule has 1 unspecified atom stereocenters. The van der Waals surface area contributed by atoms with Gasteiger partial charge in [0.25, 0.3) is 5.91 Å². The Balaban J connectivity index is 2.67. The van der Waals surface area contributed by atoms with E-state index in [2.05, 4.69) is 21.4 Å². The number of nitrogens with one attached hydrogen (secondary N) is 1. The minimum atomic E-state index is -0.576. The maximum absolute atomic E-state index is 11.7. The number of carbonyl (C=O) groups is 1. The zero-order valence-corrected chi connectivity index (χ0v) is 12.3. The van der Waals surface area contributed by atoms with E-state index in [9.17, 15) is 4.79 Å². The molecule has 0 fully saturated rings. The van der Waals surface area contributed by atoms with Gasteiger partial charge in [0.2, 0.25) is 0 Å². The molecule has 18 heavy (non-hydrogen) atoms. The summed E-state index contributed by atoms with van der Waals surface area (Å²) in [4.78, 5) is 11.7. The highest BCUT2D eigenvalue weighted by atomic mass is 79.9. The van der Waals surface area contributed by atoms with Gasteiger partial charge in [-0.25, -0.2) is 5.01 Å². The molecule has 1 amide bonds. The van der Waals surface area contributed by atoms with Gasteiger partial charge in [-0.1, -0.05) is 6.07 Å². The van der Waals surface area contributed by atoms with Crippen LogP contribution in [0.4, 0.5) is 0 Å². The quantitative estimate of drug-likeness (QED) is 0.793. The standard InChI is InChI=1S/C12H18BrN3O2/c1-16(2)15-12(17)10(14)7-8-4-5-11(18-3)9(13)6-8/h4-6,10H,7,14H2,1-3H3,(H,15,17). The van der Waals surface area contributed by atoms with Gasteiger partial charge in [-0.3, -0.25) is 10.2 Å². The third kappa shape index (κ3) is 4.29. The lowest BCUT2D eigenvalue weighted by Crippen LogP contribution is -2.47. The van der Waals surface area contributed by atoms with Crippen molar-refractivity contribution in [2.24, 2.45) is 5.73 Å². The van der Waals surface area contributed by atoms with Gasteiger partial charge in [-0.15, -0.1) is 0 Å². The van der Waals surface area contributed by atoms with Crippen LogP contribution in [0.15, 0.2) is 22.7 Å². The zero-order valence-electron chi connectivity index (χ0n) is 10.7. The summed E-state index contributed by atoms with van der Waals surface area (Å²) in [5.41, 5.74) is 9.44. The van der Waals surface area contributed by atoms with Crippen LogP contribution in [0.1, 0.15) is 5.56 Å². The maximum atomic E-state index is 11.7. The first-order chi connectivity index (χ1) is 8.43. The summed E-state index contributed by atoms with van der Waals surface area (Å²) in [6.45, 7) is 0. The third-order valence-electron chi connectivity index (χ3n) is 2.34. The van der Waals surface area contributed by atoms with Crippen molar-refractivity contribution in [1.29, 1.82) is 0 Å². The fourth-order valence-electron chi connectivity index (χ4n) is 1.49. The molecule has 6 heteroatoms. The van der Waals surface area contributed by atoms with Crippen molar-refractivity contribution in [3.05, 3.63) is 28.2 Å². The molecule has 0 bridgehead atoms. The highest BCUT2D eigenvalue weighted by Crippen LogP contribution is 2.25. The minimum absolute atomic E-state index is 0.202. The number of nitrogens with two attached hydrogens (primary N) is 1. The molecule has 0 heterocycles. The first kappa shape index (κ1) is 14.9. The molecule has 1 atom stereocenters. The fraction of sp³-hybridized carbons (Fsp3) is 0.417. The Kier molecular flexibility index (Phi) is 5.58. The molecule has 0 radical (unpaired) electrons. The lowest BCUT2D eigenvalue weighted by Gasteiger charge is -2.16. The van der Waals surface area contributed by atoms with E-state index >= 15 is 0 Å². The molecule has 1 aromatic carbocycles.